The summed E-state index contributed by atoms with van der Waals surface area (Å²) < 4.78 is 4.77. The summed E-state index contributed by atoms with van der Waals surface area (Å²) in [5.41, 5.74) is 1.76. The summed E-state index contributed by atoms with van der Waals surface area (Å²) in [6.45, 7) is 2.13. The Morgan fingerprint density at radius 1 is 1.20 bits per heavy atom. The van der Waals surface area contributed by atoms with Crippen LogP contribution in [0, 0.1) is 0 Å². The van der Waals surface area contributed by atoms with Crippen molar-refractivity contribution in [3.05, 3.63) is 70.2 Å². The maximum Gasteiger partial charge on any atom is 0.337 e. The Morgan fingerprint density at radius 3 is 2.70 bits per heavy atom. The van der Waals surface area contributed by atoms with Crippen molar-refractivity contribution < 1.29 is 14.3 Å². The average Bonchev–Trinajstić information content (AvgIpc) is 2.78. The molecule has 0 fully saturated rings. The normalized spacial score (nSPS) is 17.3. The fourth-order valence-corrected chi connectivity index (χ4v) is 4.27. The first-order chi connectivity index (χ1) is 14.6. The molecule has 2 aliphatic rings. The Balaban J connectivity index is 1.78. The number of hydrogen-bond acceptors (Lipinski definition) is 7. The van der Waals surface area contributed by atoms with E-state index in [1.54, 1.807) is 17.1 Å². The van der Waals surface area contributed by atoms with Gasteiger partial charge in [-0.15, -0.1) is 5.10 Å². The molecule has 2 aliphatic heterocycles. The van der Waals surface area contributed by atoms with E-state index in [0.29, 0.717) is 16.4 Å². The number of carbonyl (C=O) groups is 2. The first-order valence-corrected chi connectivity index (χ1v) is 10.8. The summed E-state index contributed by atoms with van der Waals surface area (Å²) in [6.07, 6.45) is 1.61. The quantitative estimate of drug-likeness (QED) is 0.590. The predicted molar refractivity (Wildman–Crippen MR) is 116 cm³/mol. The van der Waals surface area contributed by atoms with E-state index in [1.807, 2.05) is 36.4 Å². The Kier molecular flexibility index (Phi) is 5.85. The summed E-state index contributed by atoms with van der Waals surface area (Å²) >= 11 is 1.53. The van der Waals surface area contributed by atoms with Gasteiger partial charge in [-0.2, -0.15) is 0 Å². The van der Waals surface area contributed by atoms with Crippen molar-refractivity contribution in [3.8, 4) is 0 Å². The van der Waals surface area contributed by atoms with Crippen LogP contribution in [0.3, 0.4) is 0 Å². The highest BCUT2D eigenvalue weighted by Crippen LogP contribution is 2.31. The lowest BCUT2D eigenvalue weighted by Crippen LogP contribution is -2.50. The number of para-hydroxylation sites is 1. The Bertz CT molecular complexity index is 1130. The highest BCUT2D eigenvalue weighted by molar-refractivity contribution is 8.13. The zero-order chi connectivity index (χ0) is 21.1. The van der Waals surface area contributed by atoms with Crippen LogP contribution in [0.5, 0.6) is 0 Å². The molecule has 30 heavy (non-hydrogen) atoms. The first-order valence-electron chi connectivity index (χ1n) is 9.80. The van der Waals surface area contributed by atoms with Gasteiger partial charge in [-0.05, 0) is 30.2 Å². The van der Waals surface area contributed by atoms with Crippen molar-refractivity contribution in [1.82, 2.24) is 10.3 Å². The molecule has 0 aliphatic carbocycles. The van der Waals surface area contributed by atoms with Gasteiger partial charge in [-0.1, -0.05) is 55.4 Å². The van der Waals surface area contributed by atoms with Crippen molar-refractivity contribution in [2.45, 2.75) is 25.9 Å². The zero-order valence-electron chi connectivity index (χ0n) is 16.8. The number of rotatable bonds is 5. The third kappa shape index (κ3) is 3.82. The van der Waals surface area contributed by atoms with Crippen LogP contribution in [0.15, 0.2) is 58.6 Å². The topological polar surface area (TPSA) is 83.4 Å². The van der Waals surface area contributed by atoms with E-state index in [2.05, 4.69) is 12.2 Å². The molecule has 4 rings (SSSR count). The Hall–Kier alpha value is -3.13. The van der Waals surface area contributed by atoms with E-state index in [0.717, 1.165) is 34.7 Å². The average molecular weight is 423 g/mol. The van der Waals surface area contributed by atoms with Gasteiger partial charge in [0.1, 0.15) is 5.70 Å². The van der Waals surface area contributed by atoms with Crippen molar-refractivity contribution in [2.24, 2.45) is 10.1 Å². The molecule has 1 unspecified atom stereocenters. The standard InChI is InChI=1S/C22H22N4O3S/c1-3-4-13-30-22-24-20(27)18-16-7-5-6-8-17(16)23-19(26(18)25-22)14-9-11-15(12-10-14)21(28)29-2/h5-12,19H,3-4,13H2,1-2H3,(H,24,25,27). The van der Waals surface area contributed by atoms with Crippen molar-refractivity contribution >= 4 is 34.5 Å². The summed E-state index contributed by atoms with van der Waals surface area (Å²) in [5.74, 6) is 0.289. The molecule has 0 bridgehead atoms. The van der Waals surface area contributed by atoms with Crippen LogP contribution in [-0.2, 0) is 9.53 Å². The minimum Gasteiger partial charge on any atom is -0.465 e. The van der Waals surface area contributed by atoms with E-state index in [9.17, 15) is 9.59 Å². The van der Waals surface area contributed by atoms with Crippen LogP contribution >= 0.6 is 11.8 Å². The van der Waals surface area contributed by atoms with Crippen LogP contribution in [0.4, 0.5) is 0 Å². The Morgan fingerprint density at radius 2 is 1.97 bits per heavy atom. The molecule has 1 amide bonds. The third-order valence-corrected chi connectivity index (χ3v) is 5.83. The van der Waals surface area contributed by atoms with Gasteiger partial charge in [0.15, 0.2) is 11.3 Å². The molecule has 0 aromatic heterocycles. The van der Waals surface area contributed by atoms with Crippen LogP contribution in [0.1, 0.15) is 41.9 Å². The van der Waals surface area contributed by atoms with E-state index < -0.39 is 12.1 Å². The number of fused-ring (bicyclic) bond motifs is 2. The Labute approximate surface area is 178 Å². The fourth-order valence-electron chi connectivity index (χ4n) is 3.33. The lowest BCUT2D eigenvalue weighted by Gasteiger charge is -2.34. The molecule has 0 saturated carbocycles. The van der Waals surface area contributed by atoms with Gasteiger partial charge < -0.3 is 4.74 Å². The van der Waals surface area contributed by atoms with Crippen LogP contribution < -0.4 is 15.9 Å². The van der Waals surface area contributed by atoms with Gasteiger partial charge in [0.05, 0.1) is 18.0 Å². The molecule has 154 valence electrons. The molecule has 8 heteroatoms. The lowest BCUT2D eigenvalue weighted by atomic mass is 10.1. The largest absolute Gasteiger partial charge is 0.465 e. The smallest absolute Gasteiger partial charge is 0.337 e. The summed E-state index contributed by atoms with van der Waals surface area (Å²) in [6, 6.07) is 14.6. The second-order valence-corrected chi connectivity index (χ2v) is 7.97. The number of unbranched alkanes of at least 4 members (excludes halogenated alkanes) is 1. The minimum atomic E-state index is -0.505. The number of amides is 1. The first kappa shape index (κ1) is 20.2. The van der Waals surface area contributed by atoms with Gasteiger partial charge in [-0.25, -0.2) is 9.80 Å². The highest BCUT2D eigenvalue weighted by atomic mass is 32.2. The molecule has 2 heterocycles. The molecule has 0 radical (unpaired) electrons. The van der Waals surface area contributed by atoms with E-state index >= 15 is 0 Å². The van der Waals surface area contributed by atoms with Gasteiger partial charge >= 0.3 is 5.97 Å². The number of nitrogens with one attached hydrogen (secondary N) is 1. The molecule has 7 nitrogen and oxygen atoms in total. The summed E-state index contributed by atoms with van der Waals surface area (Å²) in [4.78, 5) is 29.6. The molecule has 2 aromatic carbocycles. The van der Waals surface area contributed by atoms with Crippen molar-refractivity contribution in [2.75, 3.05) is 12.9 Å². The molecular formula is C22H22N4O3S. The number of amidine groups is 1. The molecule has 1 atom stereocenters. The number of hydrazone groups is 1. The number of thioether (sulfide) groups is 1. The number of ether oxygens (including phenoxy) is 1. The predicted octanol–water partition coefficient (Wildman–Crippen LogP) is 2.15. The second kappa shape index (κ2) is 8.71. The van der Waals surface area contributed by atoms with E-state index in [4.69, 9.17) is 14.8 Å². The van der Waals surface area contributed by atoms with Crippen LogP contribution in [0.25, 0.3) is 5.70 Å². The molecule has 0 saturated heterocycles. The van der Waals surface area contributed by atoms with E-state index in [-0.39, 0.29) is 5.91 Å². The van der Waals surface area contributed by atoms with E-state index in [1.165, 1.54) is 18.9 Å². The molecule has 2 aromatic rings. The number of methoxy groups -OCH3 is 1. The number of nitrogens with zero attached hydrogens (tertiary/aromatic N) is 3. The lowest BCUT2D eigenvalue weighted by molar-refractivity contribution is -0.116. The molecule has 0 spiro atoms. The maximum atomic E-state index is 13.0. The van der Waals surface area contributed by atoms with Crippen LogP contribution in [0.2, 0.25) is 0 Å². The number of esters is 1. The zero-order valence-corrected chi connectivity index (χ0v) is 17.6. The molecular weight excluding hydrogens is 400 g/mol. The van der Waals surface area contributed by atoms with Crippen LogP contribution in [-0.4, -0.2) is 34.9 Å². The SMILES string of the molecule is CCCCSC1=NN2C(=c3ccccc3=NC2c2ccc(C(=O)OC)cc2)C(=O)N1. The number of carbonyl (C=O) groups excluding carboxylic acids is 2. The maximum absolute atomic E-state index is 13.0. The summed E-state index contributed by atoms with van der Waals surface area (Å²) in [7, 11) is 1.35. The fraction of sp³-hybridized carbons (Fsp3) is 0.273. The van der Waals surface area contributed by atoms with Crippen molar-refractivity contribution in [3.63, 3.8) is 0 Å². The number of hydrogen-bond donors (Lipinski definition) is 1. The minimum absolute atomic E-state index is 0.192. The second-order valence-electron chi connectivity index (χ2n) is 6.89. The van der Waals surface area contributed by atoms with Gasteiger partial charge in [0.2, 0.25) is 0 Å². The summed E-state index contributed by atoms with van der Waals surface area (Å²) in [5, 5.41) is 11.4. The monoisotopic (exact) mass is 422 g/mol. The highest BCUT2D eigenvalue weighted by Gasteiger charge is 2.34. The van der Waals surface area contributed by atoms with Gasteiger partial charge in [0, 0.05) is 11.0 Å². The molecule has 1 N–H and O–H groups in total. The van der Waals surface area contributed by atoms with Gasteiger partial charge in [0.25, 0.3) is 5.91 Å². The number of benzene rings is 2. The third-order valence-electron chi connectivity index (χ3n) is 4.88. The van der Waals surface area contributed by atoms with Crippen molar-refractivity contribution in [1.29, 1.82) is 0 Å². The van der Waals surface area contributed by atoms with Gasteiger partial charge in [-0.3, -0.25) is 15.1 Å².